The Bertz CT molecular complexity index is 533. The molecule has 0 amide bonds. The smallest absolute Gasteiger partial charge is 0.244 e. The van der Waals surface area contributed by atoms with E-state index in [0.717, 1.165) is 18.4 Å². The highest BCUT2D eigenvalue weighted by Gasteiger charge is 2.26. The lowest BCUT2D eigenvalue weighted by molar-refractivity contribution is 0.491. The molecule has 0 aliphatic heterocycles. The molecule has 0 aromatic carbocycles. The average molecular weight is 302 g/mol. The van der Waals surface area contributed by atoms with Crippen molar-refractivity contribution in [1.82, 2.24) is 10.0 Å². The Labute approximate surface area is 122 Å². The zero-order chi connectivity index (χ0) is 15.3. The SMILES string of the molecule is CCCCNS(=O)(=O)c1c(C)oc(C)c1CNC(C)C. The molecule has 1 aromatic heterocycles. The highest BCUT2D eigenvalue weighted by atomic mass is 32.2. The molecule has 0 saturated carbocycles. The summed E-state index contributed by atoms with van der Waals surface area (Å²) in [6.07, 6.45) is 1.78. The Morgan fingerprint density at radius 2 is 1.85 bits per heavy atom. The monoisotopic (exact) mass is 302 g/mol. The zero-order valence-electron chi connectivity index (χ0n) is 13.0. The van der Waals surface area contributed by atoms with E-state index in [9.17, 15) is 8.42 Å². The molecule has 0 bridgehead atoms. The molecule has 2 N–H and O–H groups in total. The van der Waals surface area contributed by atoms with Crippen LogP contribution in [-0.4, -0.2) is 21.0 Å². The second-order valence-corrected chi connectivity index (χ2v) is 7.01. The van der Waals surface area contributed by atoms with Crippen molar-refractivity contribution in [3.63, 3.8) is 0 Å². The van der Waals surface area contributed by atoms with Crippen LogP contribution in [0.5, 0.6) is 0 Å². The summed E-state index contributed by atoms with van der Waals surface area (Å²) >= 11 is 0. The minimum atomic E-state index is -3.50. The molecular formula is C14H26N2O3S. The highest BCUT2D eigenvalue weighted by Crippen LogP contribution is 2.26. The fourth-order valence-electron chi connectivity index (χ4n) is 2.03. The van der Waals surface area contributed by atoms with Crippen molar-refractivity contribution in [3.8, 4) is 0 Å². The number of unbranched alkanes of at least 4 members (excludes halogenated alkanes) is 1. The number of rotatable bonds is 8. The van der Waals surface area contributed by atoms with Crippen LogP contribution in [0.2, 0.25) is 0 Å². The lowest BCUT2D eigenvalue weighted by Gasteiger charge is -2.11. The molecule has 0 aliphatic carbocycles. The predicted molar refractivity (Wildman–Crippen MR) is 80.3 cm³/mol. The summed E-state index contributed by atoms with van der Waals surface area (Å²) in [4.78, 5) is 0.291. The minimum Gasteiger partial charge on any atom is -0.465 e. The topological polar surface area (TPSA) is 71.3 Å². The molecule has 5 nitrogen and oxygen atoms in total. The van der Waals surface area contributed by atoms with Gasteiger partial charge in [0.2, 0.25) is 10.0 Å². The molecule has 0 saturated heterocycles. The fourth-order valence-corrected chi connectivity index (χ4v) is 3.55. The van der Waals surface area contributed by atoms with Crippen LogP contribution in [-0.2, 0) is 16.6 Å². The first-order valence-electron chi connectivity index (χ1n) is 7.11. The van der Waals surface area contributed by atoms with Crippen molar-refractivity contribution in [3.05, 3.63) is 17.1 Å². The van der Waals surface area contributed by atoms with Gasteiger partial charge in [-0.3, -0.25) is 0 Å². The van der Waals surface area contributed by atoms with Crippen molar-refractivity contribution in [2.24, 2.45) is 0 Å². The van der Waals surface area contributed by atoms with Crippen LogP contribution < -0.4 is 10.0 Å². The van der Waals surface area contributed by atoms with Gasteiger partial charge in [0.15, 0.2) is 0 Å². The van der Waals surface area contributed by atoms with E-state index in [-0.39, 0.29) is 6.04 Å². The number of hydrogen-bond acceptors (Lipinski definition) is 4. The van der Waals surface area contributed by atoms with Gasteiger partial charge in [-0.05, 0) is 20.3 Å². The van der Waals surface area contributed by atoms with E-state index in [1.54, 1.807) is 13.8 Å². The van der Waals surface area contributed by atoms with Gasteiger partial charge in [-0.2, -0.15) is 0 Å². The molecule has 0 spiro atoms. The van der Waals surface area contributed by atoms with Gasteiger partial charge in [0, 0.05) is 24.7 Å². The van der Waals surface area contributed by atoms with Gasteiger partial charge in [-0.15, -0.1) is 0 Å². The standard InChI is InChI=1S/C14H26N2O3S/c1-6-7-8-16-20(17,18)14-12(5)19-11(4)13(14)9-15-10(2)3/h10,15-16H,6-9H2,1-5H3. The summed E-state index contributed by atoms with van der Waals surface area (Å²) < 4.78 is 33.0. The predicted octanol–water partition coefficient (Wildman–Crippen LogP) is 2.47. The molecule has 0 atom stereocenters. The molecule has 116 valence electrons. The van der Waals surface area contributed by atoms with Gasteiger partial charge in [0.1, 0.15) is 16.4 Å². The lowest BCUT2D eigenvalue weighted by atomic mass is 10.2. The third-order valence-corrected chi connectivity index (χ3v) is 4.76. The van der Waals surface area contributed by atoms with Crippen molar-refractivity contribution in [1.29, 1.82) is 0 Å². The van der Waals surface area contributed by atoms with Crippen LogP contribution in [0.3, 0.4) is 0 Å². The molecule has 6 heteroatoms. The Kier molecular flexibility index (Phi) is 6.23. The minimum absolute atomic E-state index is 0.285. The largest absolute Gasteiger partial charge is 0.465 e. The Hall–Kier alpha value is -0.850. The first kappa shape index (κ1) is 17.2. The van der Waals surface area contributed by atoms with Crippen LogP contribution in [0.25, 0.3) is 0 Å². The third-order valence-electron chi connectivity index (χ3n) is 3.10. The Balaban J connectivity index is 3.03. The van der Waals surface area contributed by atoms with Gasteiger partial charge in [-0.1, -0.05) is 27.2 Å². The van der Waals surface area contributed by atoms with Crippen molar-refractivity contribution in [2.75, 3.05) is 6.54 Å². The average Bonchev–Trinajstić information content (AvgIpc) is 2.62. The maximum Gasteiger partial charge on any atom is 0.244 e. The number of hydrogen-bond donors (Lipinski definition) is 2. The van der Waals surface area contributed by atoms with Crippen LogP contribution in [0.15, 0.2) is 9.31 Å². The Morgan fingerprint density at radius 3 is 2.40 bits per heavy atom. The molecule has 1 rings (SSSR count). The number of sulfonamides is 1. The van der Waals surface area contributed by atoms with E-state index >= 15 is 0 Å². The van der Waals surface area contributed by atoms with E-state index in [0.29, 0.717) is 29.5 Å². The summed E-state index contributed by atoms with van der Waals surface area (Å²) in [6.45, 7) is 10.5. The van der Waals surface area contributed by atoms with Crippen LogP contribution in [0, 0.1) is 13.8 Å². The van der Waals surface area contributed by atoms with Crippen molar-refractivity contribution < 1.29 is 12.8 Å². The fraction of sp³-hybridized carbons (Fsp3) is 0.714. The van der Waals surface area contributed by atoms with E-state index in [1.807, 2.05) is 20.8 Å². The van der Waals surface area contributed by atoms with Gasteiger partial charge < -0.3 is 9.73 Å². The molecule has 20 heavy (non-hydrogen) atoms. The maximum atomic E-state index is 12.4. The van der Waals surface area contributed by atoms with Gasteiger partial charge >= 0.3 is 0 Å². The number of aryl methyl sites for hydroxylation is 2. The molecule has 0 unspecified atom stereocenters. The summed E-state index contributed by atoms with van der Waals surface area (Å²) in [7, 11) is -3.50. The third kappa shape index (κ3) is 4.33. The maximum absolute atomic E-state index is 12.4. The lowest BCUT2D eigenvalue weighted by Crippen LogP contribution is -2.28. The number of furan rings is 1. The second kappa shape index (κ2) is 7.24. The van der Waals surface area contributed by atoms with E-state index in [1.165, 1.54) is 0 Å². The normalized spacial score (nSPS) is 12.3. The summed E-state index contributed by atoms with van der Waals surface area (Å²) in [6, 6.07) is 0.285. The van der Waals surface area contributed by atoms with E-state index in [2.05, 4.69) is 10.0 Å². The summed E-state index contributed by atoms with van der Waals surface area (Å²) in [5.74, 6) is 1.11. The van der Waals surface area contributed by atoms with E-state index < -0.39 is 10.0 Å². The van der Waals surface area contributed by atoms with Gasteiger partial charge in [0.25, 0.3) is 0 Å². The first-order valence-corrected chi connectivity index (χ1v) is 8.59. The molecule has 1 aromatic rings. The second-order valence-electron chi connectivity index (χ2n) is 5.31. The van der Waals surface area contributed by atoms with Crippen molar-refractivity contribution in [2.45, 2.75) is 64.9 Å². The van der Waals surface area contributed by atoms with Gasteiger partial charge in [0.05, 0.1) is 0 Å². The summed E-state index contributed by atoms with van der Waals surface area (Å²) in [5, 5.41) is 3.24. The molecular weight excluding hydrogens is 276 g/mol. The van der Waals surface area contributed by atoms with Gasteiger partial charge in [-0.25, -0.2) is 13.1 Å². The van der Waals surface area contributed by atoms with E-state index in [4.69, 9.17) is 4.42 Å². The molecule has 0 radical (unpaired) electrons. The van der Waals surface area contributed by atoms with Crippen molar-refractivity contribution >= 4 is 10.0 Å². The first-order chi connectivity index (χ1) is 9.29. The quantitative estimate of drug-likeness (QED) is 0.724. The zero-order valence-corrected chi connectivity index (χ0v) is 13.9. The van der Waals surface area contributed by atoms with Crippen LogP contribution in [0.4, 0.5) is 0 Å². The Morgan fingerprint density at radius 1 is 1.20 bits per heavy atom. The molecule has 0 aliphatic rings. The number of nitrogens with one attached hydrogen (secondary N) is 2. The van der Waals surface area contributed by atoms with Crippen LogP contribution >= 0.6 is 0 Å². The highest BCUT2D eigenvalue weighted by molar-refractivity contribution is 7.89. The van der Waals surface area contributed by atoms with Crippen LogP contribution in [0.1, 0.15) is 50.7 Å². The molecule has 0 fully saturated rings. The molecule has 1 heterocycles. The summed E-state index contributed by atoms with van der Waals surface area (Å²) in [5.41, 5.74) is 0.722.